The van der Waals surface area contributed by atoms with E-state index >= 15 is 0 Å². The fraction of sp³-hybridized carbons (Fsp3) is 0.312. The molecule has 0 amide bonds. The lowest BCUT2D eigenvalue weighted by molar-refractivity contribution is 0.0589. The zero-order chi connectivity index (χ0) is 17.1. The molecule has 0 saturated heterocycles. The molecule has 0 aliphatic heterocycles. The van der Waals surface area contributed by atoms with Gasteiger partial charge in [0.2, 0.25) is 0 Å². The molecular formula is C16H16F2N2O3. The molecule has 23 heavy (non-hydrogen) atoms. The standard InChI is InChI=1S/C16H16F2N2O3/c1-9(2)15(21)11-6-19-20(8-11)7-10-4-12(17)14(13(18)5-10)16(22)23-3/h4-6,8-9H,7H2,1-3H3. The second-order valence-electron chi connectivity index (χ2n) is 5.37. The van der Waals surface area contributed by atoms with E-state index in [9.17, 15) is 18.4 Å². The lowest BCUT2D eigenvalue weighted by Gasteiger charge is -2.07. The van der Waals surface area contributed by atoms with Gasteiger partial charge in [-0.2, -0.15) is 5.10 Å². The van der Waals surface area contributed by atoms with Crippen LogP contribution in [0.4, 0.5) is 8.78 Å². The third-order valence-electron chi connectivity index (χ3n) is 3.28. The summed E-state index contributed by atoms with van der Waals surface area (Å²) >= 11 is 0. The first-order chi connectivity index (χ1) is 10.8. The highest BCUT2D eigenvalue weighted by Gasteiger charge is 2.19. The van der Waals surface area contributed by atoms with Gasteiger partial charge in [0.05, 0.1) is 25.4 Å². The van der Waals surface area contributed by atoms with Crippen LogP contribution in [0.25, 0.3) is 0 Å². The predicted molar refractivity (Wildman–Crippen MR) is 78.2 cm³/mol. The molecule has 2 rings (SSSR count). The van der Waals surface area contributed by atoms with Crippen molar-refractivity contribution in [2.45, 2.75) is 20.4 Å². The van der Waals surface area contributed by atoms with Crippen molar-refractivity contribution in [3.63, 3.8) is 0 Å². The molecule has 0 N–H and O–H groups in total. The average molecular weight is 322 g/mol. The van der Waals surface area contributed by atoms with Gasteiger partial charge in [-0.05, 0) is 17.7 Å². The second kappa shape index (κ2) is 6.68. The molecule has 122 valence electrons. The number of carbonyl (C=O) groups is 2. The summed E-state index contributed by atoms with van der Waals surface area (Å²) in [4.78, 5) is 23.2. The zero-order valence-corrected chi connectivity index (χ0v) is 13.0. The zero-order valence-electron chi connectivity index (χ0n) is 13.0. The molecule has 0 aliphatic carbocycles. The number of esters is 1. The van der Waals surface area contributed by atoms with Gasteiger partial charge in [-0.3, -0.25) is 9.48 Å². The van der Waals surface area contributed by atoms with E-state index in [1.54, 1.807) is 13.8 Å². The minimum atomic E-state index is -1.07. The lowest BCUT2D eigenvalue weighted by Crippen LogP contribution is -2.10. The van der Waals surface area contributed by atoms with Gasteiger partial charge in [-0.25, -0.2) is 13.6 Å². The molecule has 0 bridgehead atoms. The normalized spacial score (nSPS) is 10.9. The Labute approximate surface area is 131 Å². The van der Waals surface area contributed by atoms with Gasteiger partial charge >= 0.3 is 5.97 Å². The van der Waals surface area contributed by atoms with Crippen molar-refractivity contribution in [2.24, 2.45) is 5.92 Å². The Morgan fingerprint density at radius 1 is 1.26 bits per heavy atom. The van der Waals surface area contributed by atoms with Crippen LogP contribution in [-0.4, -0.2) is 28.6 Å². The van der Waals surface area contributed by atoms with Crippen LogP contribution < -0.4 is 0 Å². The van der Waals surface area contributed by atoms with E-state index in [1.165, 1.54) is 17.1 Å². The Morgan fingerprint density at radius 3 is 2.39 bits per heavy atom. The molecule has 0 unspecified atom stereocenters. The number of aromatic nitrogens is 2. The summed E-state index contributed by atoms with van der Waals surface area (Å²) in [5.74, 6) is -3.30. The molecule has 1 aromatic heterocycles. The summed E-state index contributed by atoms with van der Waals surface area (Å²) in [6.45, 7) is 3.62. The number of hydrogen-bond acceptors (Lipinski definition) is 4. The van der Waals surface area contributed by atoms with E-state index in [4.69, 9.17) is 0 Å². The number of methoxy groups -OCH3 is 1. The van der Waals surface area contributed by atoms with Crippen molar-refractivity contribution < 1.29 is 23.1 Å². The maximum atomic E-state index is 13.9. The Kier molecular flexibility index (Phi) is 4.88. The van der Waals surface area contributed by atoms with E-state index in [1.807, 2.05) is 0 Å². The summed E-state index contributed by atoms with van der Waals surface area (Å²) < 4.78 is 33.5. The second-order valence-corrected chi connectivity index (χ2v) is 5.37. The molecule has 1 heterocycles. The predicted octanol–water partition coefficient (Wildman–Crippen LogP) is 2.83. The summed E-state index contributed by atoms with van der Waals surface area (Å²) in [6.07, 6.45) is 2.93. The Balaban J connectivity index is 2.25. The van der Waals surface area contributed by atoms with Gasteiger partial charge in [0, 0.05) is 12.1 Å². The fourth-order valence-corrected chi connectivity index (χ4v) is 2.11. The summed E-state index contributed by atoms with van der Waals surface area (Å²) in [5.41, 5.74) is -0.0150. The van der Waals surface area contributed by atoms with Gasteiger partial charge in [-0.1, -0.05) is 13.8 Å². The number of hydrogen-bond donors (Lipinski definition) is 0. The number of ether oxygens (including phenoxy) is 1. The fourth-order valence-electron chi connectivity index (χ4n) is 2.11. The Bertz CT molecular complexity index is 731. The highest BCUT2D eigenvalue weighted by molar-refractivity contribution is 5.96. The van der Waals surface area contributed by atoms with Crippen molar-refractivity contribution in [2.75, 3.05) is 7.11 Å². The summed E-state index contributed by atoms with van der Waals surface area (Å²) in [5, 5.41) is 4.01. The maximum Gasteiger partial charge on any atom is 0.343 e. The van der Waals surface area contributed by atoms with Crippen LogP contribution in [0.1, 0.15) is 40.1 Å². The quantitative estimate of drug-likeness (QED) is 0.627. The van der Waals surface area contributed by atoms with Crippen molar-refractivity contribution in [1.29, 1.82) is 0 Å². The van der Waals surface area contributed by atoms with Gasteiger partial charge in [0.15, 0.2) is 5.78 Å². The van der Waals surface area contributed by atoms with Crippen LogP contribution in [0.3, 0.4) is 0 Å². The van der Waals surface area contributed by atoms with Crippen molar-refractivity contribution in [3.8, 4) is 0 Å². The molecular weight excluding hydrogens is 306 g/mol. The van der Waals surface area contributed by atoms with Crippen LogP contribution >= 0.6 is 0 Å². The molecule has 0 fully saturated rings. The third-order valence-corrected chi connectivity index (χ3v) is 3.28. The SMILES string of the molecule is COC(=O)c1c(F)cc(Cn2cc(C(=O)C(C)C)cn2)cc1F. The van der Waals surface area contributed by atoms with Crippen LogP contribution in [0.5, 0.6) is 0 Å². The first-order valence-corrected chi connectivity index (χ1v) is 6.96. The van der Waals surface area contributed by atoms with E-state index in [0.29, 0.717) is 5.56 Å². The molecule has 0 aliphatic rings. The van der Waals surface area contributed by atoms with Crippen LogP contribution in [0.15, 0.2) is 24.5 Å². The smallest absolute Gasteiger partial charge is 0.343 e. The van der Waals surface area contributed by atoms with Gasteiger partial charge in [0.1, 0.15) is 17.2 Å². The molecule has 0 radical (unpaired) electrons. The number of carbonyl (C=O) groups excluding carboxylic acids is 2. The lowest BCUT2D eigenvalue weighted by atomic mass is 10.0. The molecule has 0 atom stereocenters. The van der Waals surface area contributed by atoms with Gasteiger partial charge < -0.3 is 4.74 Å². The van der Waals surface area contributed by atoms with Crippen molar-refractivity contribution in [3.05, 3.63) is 52.9 Å². The molecule has 7 heteroatoms. The molecule has 1 aromatic carbocycles. The van der Waals surface area contributed by atoms with Crippen molar-refractivity contribution >= 4 is 11.8 Å². The topological polar surface area (TPSA) is 61.2 Å². The highest BCUT2D eigenvalue weighted by atomic mass is 19.1. The first kappa shape index (κ1) is 16.8. The largest absolute Gasteiger partial charge is 0.465 e. The minimum absolute atomic E-state index is 0.0605. The monoisotopic (exact) mass is 322 g/mol. The number of Topliss-reactive ketones (excluding diaryl/α,β-unsaturated/α-hetero) is 1. The minimum Gasteiger partial charge on any atom is -0.465 e. The summed E-state index contributed by atoms with van der Waals surface area (Å²) in [6, 6.07) is 2.09. The van der Waals surface area contributed by atoms with Crippen LogP contribution in [0, 0.1) is 17.6 Å². The molecule has 0 saturated carbocycles. The van der Waals surface area contributed by atoms with Crippen LogP contribution in [-0.2, 0) is 11.3 Å². The highest BCUT2D eigenvalue weighted by Crippen LogP contribution is 2.17. The summed E-state index contributed by atoms with van der Waals surface area (Å²) in [7, 11) is 1.05. The Morgan fingerprint density at radius 2 is 1.87 bits per heavy atom. The number of rotatable bonds is 5. The number of ketones is 1. The van der Waals surface area contributed by atoms with Crippen molar-refractivity contribution in [1.82, 2.24) is 9.78 Å². The Hall–Kier alpha value is -2.57. The van der Waals surface area contributed by atoms with Gasteiger partial charge in [-0.15, -0.1) is 0 Å². The average Bonchev–Trinajstić information content (AvgIpc) is 2.93. The molecule has 2 aromatic rings. The first-order valence-electron chi connectivity index (χ1n) is 6.96. The third kappa shape index (κ3) is 3.61. The van der Waals surface area contributed by atoms with E-state index < -0.39 is 23.2 Å². The van der Waals surface area contributed by atoms with E-state index in [-0.39, 0.29) is 23.8 Å². The van der Waals surface area contributed by atoms with E-state index in [2.05, 4.69) is 9.84 Å². The number of halogens is 2. The maximum absolute atomic E-state index is 13.9. The van der Waals surface area contributed by atoms with Gasteiger partial charge in [0.25, 0.3) is 0 Å². The number of nitrogens with zero attached hydrogens (tertiary/aromatic N) is 2. The van der Waals surface area contributed by atoms with Crippen LogP contribution in [0.2, 0.25) is 0 Å². The van der Waals surface area contributed by atoms with E-state index in [0.717, 1.165) is 19.2 Å². The molecule has 5 nitrogen and oxygen atoms in total. The molecule has 0 spiro atoms. The number of benzene rings is 1.